The molecule has 1 saturated heterocycles. The van der Waals surface area contributed by atoms with Crippen molar-refractivity contribution in [3.8, 4) is 22.8 Å². The lowest BCUT2D eigenvalue weighted by molar-refractivity contribution is -0.144. The minimum Gasteiger partial charge on any atom is -0.497 e. The number of aliphatic carboxylic acids is 1. The average molecular weight is 700 g/mol. The Bertz CT molecular complexity index is 1830. The molecule has 4 amide bonds. The number of fused-ring (bicyclic) bond motifs is 3. The molecule has 3 N–H and O–H groups in total. The van der Waals surface area contributed by atoms with Gasteiger partial charge in [0.2, 0.25) is 5.91 Å². The molecule has 0 spiro atoms. The minimum atomic E-state index is -1.46. The van der Waals surface area contributed by atoms with Crippen LogP contribution in [-0.2, 0) is 14.3 Å². The van der Waals surface area contributed by atoms with Gasteiger partial charge >= 0.3 is 18.1 Å². The van der Waals surface area contributed by atoms with Crippen molar-refractivity contribution in [1.82, 2.24) is 25.6 Å². The summed E-state index contributed by atoms with van der Waals surface area (Å²) in [6, 6.07) is 15.2. The quantitative estimate of drug-likeness (QED) is 0.275. The highest BCUT2D eigenvalue weighted by Crippen LogP contribution is 2.45. The van der Waals surface area contributed by atoms with Crippen LogP contribution in [0, 0.1) is 5.92 Å². The number of allylic oxidation sites excluding steroid dienone is 1. The monoisotopic (exact) mass is 699 g/mol. The van der Waals surface area contributed by atoms with E-state index in [9.17, 15) is 24.3 Å². The van der Waals surface area contributed by atoms with Gasteiger partial charge in [-0.2, -0.15) is 0 Å². The lowest BCUT2D eigenvalue weighted by Gasteiger charge is -2.32. The van der Waals surface area contributed by atoms with E-state index in [1.54, 1.807) is 33.9 Å². The molecule has 3 heterocycles. The van der Waals surface area contributed by atoms with Gasteiger partial charge in [0.25, 0.3) is 0 Å². The fraction of sp³-hybridized carbons (Fsp3) is 0.447. The molecule has 6 rings (SSSR count). The second-order valence-corrected chi connectivity index (χ2v) is 14.3. The normalized spacial score (nSPS) is 24.7. The maximum absolute atomic E-state index is 14.3. The smallest absolute Gasteiger partial charge is 0.426 e. The highest BCUT2D eigenvalue weighted by atomic mass is 16.6. The number of carbonyl (C=O) groups is 4. The number of methoxy groups -OCH3 is 1. The zero-order valence-electron chi connectivity index (χ0n) is 29.4. The summed E-state index contributed by atoms with van der Waals surface area (Å²) in [6.45, 7) is 5.34. The van der Waals surface area contributed by atoms with Crippen LogP contribution in [0.25, 0.3) is 22.2 Å². The molecule has 3 aliphatic rings. The number of pyridine rings is 1. The Labute approximate surface area is 296 Å². The van der Waals surface area contributed by atoms with Crippen LogP contribution >= 0.6 is 0 Å². The number of benzene rings is 2. The molecule has 270 valence electrons. The molecule has 1 aliphatic carbocycles. The van der Waals surface area contributed by atoms with Crippen LogP contribution < -0.4 is 20.2 Å². The second kappa shape index (κ2) is 14.5. The highest BCUT2D eigenvalue weighted by molar-refractivity contribution is 5.95. The number of aromatic nitrogens is 1. The molecule has 0 radical (unpaired) electrons. The van der Waals surface area contributed by atoms with E-state index < -0.39 is 47.3 Å². The summed E-state index contributed by atoms with van der Waals surface area (Å²) in [5.74, 6) is -0.963. The first-order valence-electron chi connectivity index (χ1n) is 17.4. The molecular weight excluding hydrogens is 654 g/mol. The molecule has 1 aromatic heterocycles. The third kappa shape index (κ3) is 8.03. The van der Waals surface area contributed by atoms with Gasteiger partial charge in [-0.3, -0.25) is 4.79 Å². The first-order valence-corrected chi connectivity index (χ1v) is 17.4. The van der Waals surface area contributed by atoms with Crippen molar-refractivity contribution in [3.05, 3.63) is 66.7 Å². The van der Waals surface area contributed by atoms with E-state index in [0.717, 1.165) is 24.8 Å². The number of carbonyl (C=O) groups excluding carboxylic acids is 3. The number of amides is 4. The summed E-state index contributed by atoms with van der Waals surface area (Å²) in [5, 5.41) is 14.9. The fourth-order valence-corrected chi connectivity index (χ4v) is 6.68. The SMILES string of the molecule is COc1ccc2c(OC3C[C@H]4C(=O)NC5(C(=O)O)C[C@H]5/C=C/CCCCCN(NC(=O)OC(C)(C)C)C(=O)N4C3)cc(-c3ccccc3)nc2c1. The molecule has 0 bridgehead atoms. The van der Waals surface area contributed by atoms with Crippen molar-refractivity contribution in [2.75, 3.05) is 20.2 Å². The molecular formula is C38H45N5O8. The van der Waals surface area contributed by atoms with Gasteiger partial charge in [0.05, 0.1) is 24.9 Å². The van der Waals surface area contributed by atoms with Crippen molar-refractivity contribution in [3.63, 3.8) is 0 Å². The van der Waals surface area contributed by atoms with E-state index in [1.165, 1.54) is 9.91 Å². The molecule has 2 aromatic carbocycles. The van der Waals surface area contributed by atoms with Crippen molar-refractivity contribution in [2.24, 2.45) is 5.92 Å². The number of hydrogen-bond donors (Lipinski definition) is 3. The first-order chi connectivity index (χ1) is 24.4. The third-order valence-electron chi connectivity index (χ3n) is 9.37. The van der Waals surface area contributed by atoms with Crippen LogP contribution in [0.4, 0.5) is 9.59 Å². The van der Waals surface area contributed by atoms with Gasteiger partial charge in [-0.15, -0.1) is 0 Å². The predicted octanol–water partition coefficient (Wildman–Crippen LogP) is 5.68. The van der Waals surface area contributed by atoms with Gasteiger partial charge in [-0.05, 0) is 58.6 Å². The number of hydrazine groups is 1. The summed E-state index contributed by atoms with van der Waals surface area (Å²) < 4.78 is 17.6. The molecule has 4 atom stereocenters. The number of ether oxygens (including phenoxy) is 3. The Morgan fingerprint density at radius 3 is 2.57 bits per heavy atom. The van der Waals surface area contributed by atoms with Crippen molar-refractivity contribution in [1.29, 1.82) is 0 Å². The molecule has 2 unspecified atom stereocenters. The van der Waals surface area contributed by atoms with E-state index in [2.05, 4.69) is 10.7 Å². The number of nitrogens with one attached hydrogen (secondary N) is 2. The number of nitrogens with zero attached hydrogens (tertiary/aromatic N) is 3. The molecule has 13 nitrogen and oxygen atoms in total. The topological polar surface area (TPSA) is 160 Å². The maximum Gasteiger partial charge on any atom is 0.426 e. The summed E-state index contributed by atoms with van der Waals surface area (Å²) in [6.07, 6.45) is 5.55. The molecule has 13 heteroatoms. The van der Waals surface area contributed by atoms with Gasteiger partial charge in [-0.25, -0.2) is 29.8 Å². The van der Waals surface area contributed by atoms with Gasteiger partial charge in [-0.1, -0.05) is 48.9 Å². The Kier molecular flexibility index (Phi) is 10.1. The second-order valence-electron chi connectivity index (χ2n) is 14.3. The molecule has 2 fully saturated rings. The maximum atomic E-state index is 14.3. The summed E-state index contributed by atoms with van der Waals surface area (Å²) in [5.41, 5.74) is 2.50. The molecule has 1 saturated carbocycles. The zero-order valence-corrected chi connectivity index (χ0v) is 29.4. The Morgan fingerprint density at radius 1 is 1.06 bits per heavy atom. The van der Waals surface area contributed by atoms with Crippen LogP contribution in [0.3, 0.4) is 0 Å². The number of carboxylic acid groups (broad SMARTS) is 1. The molecule has 3 aromatic rings. The summed E-state index contributed by atoms with van der Waals surface area (Å²) in [7, 11) is 1.58. The number of rotatable bonds is 6. The standard InChI is InChI=1S/C38H45N5O8/c1-37(2,3)51-35(47)41-43-18-12-7-5-6-11-15-25-22-38(25,34(45)46)40-33(44)31-20-27(23-42(31)36(43)48)50-32-21-29(24-13-9-8-10-14-24)39-30-19-26(49-4)16-17-28(30)32/h8-11,13-17,19,21,25,27,31H,5-7,12,18,20,22-23H2,1-4H3,(H,40,44)(H,41,47)(H,45,46)/b15-11+/t25-,27?,31+,38?/m1/s1. The van der Waals surface area contributed by atoms with Crippen LogP contribution in [0.5, 0.6) is 11.5 Å². The lowest BCUT2D eigenvalue weighted by Crippen LogP contribution is -2.58. The third-order valence-corrected chi connectivity index (χ3v) is 9.37. The average Bonchev–Trinajstić information content (AvgIpc) is 3.63. The fourth-order valence-electron chi connectivity index (χ4n) is 6.68. The molecule has 2 aliphatic heterocycles. The Balaban J connectivity index is 1.34. The van der Waals surface area contributed by atoms with Crippen LogP contribution in [0.15, 0.2) is 66.7 Å². The van der Waals surface area contributed by atoms with Crippen molar-refractivity contribution >= 4 is 34.9 Å². The first kappa shape index (κ1) is 35.5. The van der Waals surface area contributed by atoms with E-state index in [-0.39, 0.29) is 31.8 Å². The van der Waals surface area contributed by atoms with Crippen LogP contribution in [-0.4, -0.2) is 87.5 Å². The van der Waals surface area contributed by atoms with Crippen molar-refractivity contribution in [2.45, 2.75) is 82.6 Å². The van der Waals surface area contributed by atoms with E-state index in [1.807, 2.05) is 60.7 Å². The van der Waals surface area contributed by atoms with Gasteiger partial charge < -0.3 is 29.5 Å². The Morgan fingerprint density at radius 2 is 1.84 bits per heavy atom. The number of urea groups is 1. The summed E-state index contributed by atoms with van der Waals surface area (Å²) >= 11 is 0. The van der Waals surface area contributed by atoms with Gasteiger partial charge in [0.15, 0.2) is 0 Å². The van der Waals surface area contributed by atoms with Crippen LogP contribution in [0.1, 0.15) is 59.3 Å². The highest BCUT2D eigenvalue weighted by Gasteiger charge is 2.61. The van der Waals surface area contributed by atoms with Crippen LogP contribution in [0.2, 0.25) is 0 Å². The molecule has 51 heavy (non-hydrogen) atoms. The van der Waals surface area contributed by atoms with E-state index >= 15 is 0 Å². The zero-order chi connectivity index (χ0) is 36.3. The summed E-state index contributed by atoms with van der Waals surface area (Å²) in [4.78, 5) is 60.0. The Hall–Kier alpha value is -5.33. The van der Waals surface area contributed by atoms with Gasteiger partial charge in [0, 0.05) is 42.0 Å². The van der Waals surface area contributed by atoms with Gasteiger partial charge in [0.1, 0.15) is 34.8 Å². The lowest BCUT2D eigenvalue weighted by atomic mass is 10.1. The number of hydrogen-bond acceptors (Lipinski definition) is 8. The van der Waals surface area contributed by atoms with E-state index in [0.29, 0.717) is 34.5 Å². The largest absolute Gasteiger partial charge is 0.497 e. The minimum absolute atomic E-state index is 0.00649. The predicted molar refractivity (Wildman–Crippen MR) is 189 cm³/mol. The van der Waals surface area contributed by atoms with Crippen molar-refractivity contribution < 1.29 is 38.5 Å². The van der Waals surface area contributed by atoms with E-state index in [4.69, 9.17) is 19.2 Å². The number of carboxylic acids is 1.